The minimum absolute atomic E-state index is 0.877. The average Bonchev–Trinajstić information content (AvgIpc) is 3.69. The molecule has 6 nitrogen and oxygen atoms in total. The number of anilines is 2. The lowest BCUT2D eigenvalue weighted by atomic mass is 9.97. The number of aryl methyl sites for hydroxylation is 2. The molecular formula is C35H39N6S+. The quantitative estimate of drug-likeness (QED) is 0.181. The molecule has 0 unspecified atom stereocenters. The Morgan fingerprint density at radius 3 is 2.79 bits per heavy atom. The number of nitrogens with zero attached hydrogens (tertiary/aromatic N) is 4. The molecule has 214 valence electrons. The summed E-state index contributed by atoms with van der Waals surface area (Å²) in [5.41, 5.74) is 7.78. The number of hydrogen-bond donors (Lipinski definition) is 2. The highest BCUT2D eigenvalue weighted by atomic mass is 32.1. The lowest BCUT2D eigenvalue weighted by molar-refractivity contribution is -0.671. The van der Waals surface area contributed by atoms with E-state index in [2.05, 4.69) is 122 Å². The molecule has 0 aliphatic carbocycles. The van der Waals surface area contributed by atoms with Gasteiger partial charge < -0.3 is 15.5 Å². The van der Waals surface area contributed by atoms with Gasteiger partial charge in [-0.2, -0.15) is 4.57 Å². The lowest BCUT2D eigenvalue weighted by Crippen LogP contribution is -2.41. The van der Waals surface area contributed by atoms with Crippen LogP contribution in [0, 0.1) is 0 Å². The molecule has 3 aliphatic heterocycles. The summed E-state index contributed by atoms with van der Waals surface area (Å²) in [4.78, 5) is 9.45. The highest BCUT2D eigenvalue weighted by Crippen LogP contribution is 2.41. The van der Waals surface area contributed by atoms with E-state index in [1.807, 2.05) is 11.3 Å². The van der Waals surface area contributed by atoms with Gasteiger partial charge in [-0.05, 0) is 55.2 Å². The summed E-state index contributed by atoms with van der Waals surface area (Å²) in [5.74, 6) is 2.18. The minimum atomic E-state index is 0.877. The van der Waals surface area contributed by atoms with Crippen LogP contribution in [-0.2, 0) is 13.0 Å². The molecule has 3 aliphatic rings. The highest BCUT2D eigenvalue weighted by molar-refractivity contribution is 7.19. The third kappa shape index (κ3) is 5.18. The van der Waals surface area contributed by atoms with E-state index >= 15 is 0 Å². The Balaban J connectivity index is 1.23. The summed E-state index contributed by atoms with van der Waals surface area (Å²) in [6.45, 7) is 8.03. The van der Waals surface area contributed by atoms with Crippen molar-refractivity contribution in [2.45, 2.75) is 39.2 Å². The van der Waals surface area contributed by atoms with Gasteiger partial charge in [0.1, 0.15) is 10.5 Å². The van der Waals surface area contributed by atoms with E-state index in [9.17, 15) is 0 Å². The van der Waals surface area contributed by atoms with Gasteiger partial charge in [-0.1, -0.05) is 66.8 Å². The zero-order chi connectivity index (χ0) is 28.3. The second-order valence-electron chi connectivity index (χ2n) is 11.2. The van der Waals surface area contributed by atoms with Crippen molar-refractivity contribution in [1.82, 2.24) is 15.5 Å². The highest BCUT2D eigenvalue weighted by Gasteiger charge is 2.28. The van der Waals surface area contributed by atoms with Gasteiger partial charge in [-0.25, -0.2) is 0 Å². The zero-order valence-corrected chi connectivity index (χ0v) is 25.2. The van der Waals surface area contributed by atoms with Crippen molar-refractivity contribution in [2.75, 3.05) is 37.6 Å². The van der Waals surface area contributed by atoms with E-state index in [0.717, 1.165) is 69.6 Å². The number of hydrogen-bond acceptors (Lipinski definition) is 6. The number of rotatable bonds is 9. The van der Waals surface area contributed by atoms with E-state index in [1.54, 1.807) is 0 Å². The summed E-state index contributed by atoms with van der Waals surface area (Å²) >= 11 is 1.91. The number of guanidine groups is 1. The van der Waals surface area contributed by atoms with E-state index < -0.39 is 0 Å². The van der Waals surface area contributed by atoms with Crippen LogP contribution >= 0.6 is 11.3 Å². The van der Waals surface area contributed by atoms with Gasteiger partial charge in [0.25, 0.3) is 5.01 Å². The van der Waals surface area contributed by atoms with E-state index in [-0.39, 0.29) is 0 Å². The number of thiazole rings is 1. The Morgan fingerprint density at radius 1 is 1.05 bits per heavy atom. The van der Waals surface area contributed by atoms with E-state index in [4.69, 9.17) is 0 Å². The summed E-state index contributed by atoms with van der Waals surface area (Å²) in [7, 11) is 0. The molecule has 7 heteroatoms. The van der Waals surface area contributed by atoms with Gasteiger partial charge in [-0.3, -0.25) is 9.89 Å². The first-order valence-electron chi connectivity index (χ1n) is 15.4. The fourth-order valence-electron chi connectivity index (χ4n) is 6.44. The van der Waals surface area contributed by atoms with E-state index in [0.29, 0.717) is 0 Å². The van der Waals surface area contributed by atoms with Crippen LogP contribution in [0.4, 0.5) is 11.4 Å². The monoisotopic (exact) mass is 575 g/mol. The summed E-state index contributed by atoms with van der Waals surface area (Å²) in [5, 5.41) is 8.63. The van der Waals surface area contributed by atoms with Crippen molar-refractivity contribution >= 4 is 50.5 Å². The Kier molecular flexibility index (Phi) is 7.66. The van der Waals surface area contributed by atoms with Crippen molar-refractivity contribution in [1.29, 1.82) is 0 Å². The van der Waals surface area contributed by atoms with Gasteiger partial charge in [0.05, 0.1) is 12.2 Å². The molecule has 0 radical (unpaired) electrons. The van der Waals surface area contributed by atoms with Crippen LogP contribution in [-0.4, -0.2) is 43.6 Å². The maximum Gasteiger partial charge on any atom is 0.263 e. The van der Waals surface area contributed by atoms with Gasteiger partial charge >= 0.3 is 0 Å². The average molecular weight is 576 g/mol. The van der Waals surface area contributed by atoms with Crippen LogP contribution in [0.2, 0.25) is 0 Å². The second kappa shape index (κ2) is 12.0. The van der Waals surface area contributed by atoms with Crippen molar-refractivity contribution in [3.8, 4) is 0 Å². The van der Waals surface area contributed by atoms with Crippen molar-refractivity contribution in [3.05, 3.63) is 101 Å². The molecule has 1 aromatic heterocycles. The molecule has 3 aromatic carbocycles. The molecule has 0 fully saturated rings. The first-order valence-corrected chi connectivity index (χ1v) is 16.2. The Morgan fingerprint density at radius 2 is 1.93 bits per heavy atom. The molecule has 4 heterocycles. The molecule has 0 saturated carbocycles. The fraction of sp³-hybridized carbons (Fsp3) is 0.314. The number of aromatic nitrogens is 1. The maximum atomic E-state index is 4.67. The van der Waals surface area contributed by atoms with Crippen molar-refractivity contribution < 1.29 is 4.57 Å². The molecule has 0 amide bonds. The predicted octanol–water partition coefficient (Wildman–Crippen LogP) is 6.32. The molecule has 4 aromatic rings. The smallest absolute Gasteiger partial charge is 0.263 e. The first-order chi connectivity index (χ1) is 20.8. The lowest BCUT2D eigenvalue weighted by Gasteiger charge is -2.34. The van der Waals surface area contributed by atoms with Crippen LogP contribution < -0.4 is 20.1 Å². The van der Waals surface area contributed by atoms with Crippen LogP contribution in [0.15, 0.2) is 89.7 Å². The standard InChI is InChI=1S/C35H38N6S/c1-2-21-39(35-37-19-20-38-35)22-10-18-36-32-24-27(25-33-40-23-9-12-26-11-8-17-31(42-33)34(26)40)29-15-6-7-16-30(29)41(32)28-13-4-3-5-14-28/h3-8,11,13-17,24-25H,2,9-10,12,18-23H2,1H3,(H,37,38)/p+1. The topological polar surface area (TPSA) is 46.8 Å². The predicted molar refractivity (Wildman–Crippen MR) is 176 cm³/mol. The SMILES string of the molecule is CCCN(CCCNC1=CC(=Cc2sc3cccc4c3[n+]2CCC4)c2ccccc2N1c1ccccc1)C1=NCCN1. The number of fused-ring (bicyclic) bond motifs is 1. The largest absolute Gasteiger partial charge is 0.371 e. The Bertz CT molecular complexity index is 1670. The molecule has 0 saturated heterocycles. The second-order valence-corrected chi connectivity index (χ2v) is 12.2. The van der Waals surface area contributed by atoms with Crippen LogP contribution in [0.25, 0.3) is 21.9 Å². The summed E-state index contributed by atoms with van der Waals surface area (Å²) in [6, 6.07) is 26.3. The molecule has 7 rings (SSSR count). The molecule has 42 heavy (non-hydrogen) atoms. The van der Waals surface area contributed by atoms with Gasteiger partial charge in [0, 0.05) is 55.5 Å². The van der Waals surface area contributed by atoms with Crippen molar-refractivity contribution in [2.24, 2.45) is 4.99 Å². The minimum Gasteiger partial charge on any atom is -0.371 e. The summed E-state index contributed by atoms with van der Waals surface area (Å²) < 4.78 is 3.93. The van der Waals surface area contributed by atoms with Gasteiger partial charge in [-0.15, -0.1) is 0 Å². The molecular weight excluding hydrogens is 536 g/mol. The molecule has 0 bridgehead atoms. The molecule has 0 atom stereocenters. The van der Waals surface area contributed by atoms with Crippen LogP contribution in [0.5, 0.6) is 0 Å². The number of aliphatic imine (C=N–C) groups is 1. The fourth-order valence-corrected chi connectivity index (χ4v) is 7.63. The molecule has 0 spiro atoms. The van der Waals surface area contributed by atoms with Crippen LogP contribution in [0.3, 0.4) is 0 Å². The van der Waals surface area contributed by atoms with Gasteiger partial charge in [0.15, 0.2) is 12.5 Å². The first kappa shape index (κ1) is 26.8. The Labute approximate surface area is 252 Å². The molecule has 2 N–H and O–H groups in total. The van der Waals surface area contributed by atoms with Crippen molar-refractivity contribution in [3.63, 3.8) is 0 Å². The normalized spacial score (nSPS) is 16.7. The number of benzene rings is 3. The summed E-state index contributed by atoms with van der Waals surface area (Å²) in [6.07, 6.45) is 9.28. The number of para-hydroxylation sites is 3. The third-order valence-corrected chi connectivity index (χ3v) is 9.40. The third-order valence-electron chi connectivity index (χ3n) is 8.30. The number of nitrogens with one attached hydrogen (secondary N) is 2. The number of allylic oxidation sites excluding steroid dienone is 2. The van der Waals surface area contributed by atoms with Crippen LogP contribution in [0.1, 0.15) is 42.3 Å². The Hall–Kier alpha value is -4.10. The maximum absolute atomic E-state index is 4.67. The van der Waals surface area contributed by atoms with Gasteiger partial charge in [0.2, 0.25) is 5.52 Å². The zero-order valence-electron chi connectivity index (χ0n) is 24.4. The van der Waals surface area contributed by atoms with E-state index in [1.165, 1.54) is 50.5 Å².